The molecule has 0 saturated carbocycles. The van der Waals surface area contributed by atoms with Crippen LogP contribution in [0.4, 0.5) is 34.1 Å². The molecule has 13 aromatic carbocycles. The first-order chi connectivity index (χ1) is 41.6. The average molecular weight is 1070 g/mol. The minimum atomic E-state index is 0.809. The van der Waals surface area contributed by atoms with Crippen molar-refractivity contribution < 1.29 is 0 Å². The van der Waals surface area contributed by atoms with Crippen molar-refractivity contribution in [2.75, 3.05) is 9.80 Å². The summed E-state index contributed by atoms with van der Waals surface area (Å²) in [7, 11) is 0. The van der Waals surface area contributed by atoms with Crippen LogP contribution in [0.1, 0.15) is 0 Å². The third-order valence-electron chi connectivity index (χ3n) is 15.7. The zero-order valence-corrected chi connectivity index (χ0v) is 46.1. The van der Waals surface area contributed by atoms with Gasteiger partial charge in [-0.25, -0.2) is 9.97 Å². The summed E-state index contributed by atoms with van der Waals surface area (Å²) in [4.78, 5) is 15.5. The van der Waals surface area contributed by atoms with Crippen LogP contribution in [0, 0.1) is 0 Å². The SMILES string of the molecule is c1ccc(-c2ccc(-c3ccccc3N(c3ccc(-c4ccccc4)cc3)c3ccc(-c4nc5ccccc5nc4-c4ccc(N(c5ccc(-c6ccccc6)cc5)c5ccccc5-c5ccc(-c6ccccc6)cc5)cc4)cc3)cc2)cc1. The van der Waals surface area contributed by atoms with E-state index in [-0.39, 0.29) is 0 Å². The van der Waals surface area contributed by atoms with E-state index in [1.165, 1.54) is 33.4 Å². The van der Waals surface area contributed by atoms with Crippen molar-refractivity contribution in [1.29, 1.82) is 0 Å². The molecule has 0 radical (unpaired) electrons. The summed E-state index contributed by atoms with van der Waals surface area (Å²) in [5, 5.41) is 0. The highest BCUT2D eigenvalue weighted by atomic mass is 15.1. The van der Waals surface area contributed by atoms with E-state index in [0.29, 0.717) is 0 Å². The van der Waals surface area contributed by atoms with Crippen LogP contribution in [0.15, 0.2) is 340 Å². The molecule has 0 amide bonds. The highest BCUT2D eigenvalue weighted by Gasteiger charge is 2.22. The van der Waals surface area contributed by atoms with Crippen LogP contribution in [-0.2, 0) is 0 Å². The lowest BCUT2D eigenvalue weighted by Gasteiger charge is -2.28. The van der Waals surface area contributed by atoms with Crippen LogP contribution in [0.2, 0.25) is 0 Å². The summed E-state index contributed by atoms with van der Waals surface area (Å²) in [5.74, 6) is 0. The first-order valence-corrected chi connectivity index (χ1v) is 28.5. The van der Waals surface area contributed by atoms with E-state index in [4.69, 9.17) is 9.97 Å². The fourth-order valence-electron chi connectivity index (χ4n) is 11.4. The summed E-state index contributed by atoms with van der Waals surface area (Å²) >= 11 is 0. The van der Waals surface area contributed by atoms with E-state index in [0.717, 1.165) is 101 Å². The molecule has 0 aliphatic carbocycles. The lowest BCUT2D eigenvalue weighted by atomic mass is 9.97. The predicted octanol–water partition coefficient (Wildman–Crippen LogP) is 21.9. The number of anilines is 6. The van der Waals surface area contributed by atoms with Crippen molar-refractivity contribution in [2.45, 2.75) is 0 Å². The van der Waals surface area contributed by atoms with Gasteiger partial charge in [-0.05, 0) is 128 Å². The van der Waals surface area contributed by atoms with Gasteiger partial charge < -0.3 is 9.80 Å². The van der Waals surface area contributed by atoms with Crippen molar-refractivity contribution in [2.24, 2.45) is 0 Å². The molecule has 0 atom stereocenters. The van der Waals surface area contributed by atoms with Crippen LogP contribution in [0.5, 0.6) is 0 Å². The molecule has 0 spiro atoms. The quantitative estimate of drug-likeness (QED) is 0.109. The van der Waals surface area contributed by atoms with Gasteiger partial charge in [0.2, 0.25) is 0 Å². The maximum absolute atomic E-state index is 5.40. The van der Waals surface area contributed by atoms with Crippen LogP contribution >= 0.6 is 0 Å². The van der Waals surface area contributed by atoms with E-state index < -0.39 is 0 Å². The molecule has 4 nitrogen and oxygen atoms in total. The number of hydrogen-bond donors (Lipinski definition) is 0. The van der Waals surface area contributed by atoms with Gasteiger partial charge >= 0.3 is 0 Å². The second kappa shape index (κ2) is 23.1. The van der Waals surface area contributed by atoms with E-state index in [1.807, 2.05) is 24.3 Å². The van der Waals surface area contributed by atoms with E-state index in [1.54, 1.807) is 0 Å². The third-order valence-corrected chi connectivity index (χ3v) is 15.7. The van der Waals surface area contributed by atoms with Crippen molar-refractivity contribution >= 4 is 45.2 Å². The fraction of sp³-hybridized carbons (Fsp3) is 0. The molecule has 0 fully saturated rings. The highest BCUT2D eigenvalue weighted by Crippen LogP contribution is 2.45. The predicted molar refractivity (Wildman–Crippen MR) is 352 cm³/mol. The van der Waals surface area contributed by atoms with Gasteiger partial charge in [-0.2, -0.15) is 0 Å². The van der Waals surface area contributed by atoms with Gasteiger partial charge in [-0.15, -0.1) is 0 Å². The lowest BCUT2D eigenvalue weighted by molar-refractivity contribution is 1.26. The second-order valence-corrected chi connectivity index (χ2v) is 20.9. The Bertz CT molecular complexity index is 4220. The highest BCUT2D eigenvalue weighted by molar-refractivity contribution is 5.93. The number of rotatable bonds is 14. The normalized spacial score (nSPS) is 11.1. The summed E-state index contributed by atoms with van der Waals surface area (Å²) in [5.41, 5.74) is 25.5. The Hall–Kier alpha value is -11.2. The minimum Gasteiger partial charge on any atom is -0.310 e. The molecule has 1 heterocycles. The molecular formula is C80H56N4. The van der Waals surface area contributed by atoms with Gasteiger partial charge in [0.05, 0.1) is 33.8 Å². The number of aromatic nitrogens is 2. The zero-order chi connectivity index (χ0) is 56.0. The molecule has 0 N–H and O–H groups in total. The molecule has 0 bridgehead atoms. The van der Waals surface area contributed by atoms with Crippen molar-refractivity contribution in [3.8, 4) is 89.3 Å². The molecule has 14 rings (SSSR count). The molecule has 84 heavy (non-hydrogen) atoms. The molecular weight excluding hydrogens is 1020 g/mol. The van der Waals surface area contributed by atoms with E-state index >= 15 is 0 Å². The smallest absolute Gasteiger partial charge is 0.0973 e. The Labute approximate surface area is 491 Å². The van der Waals surface area contributed by atoms with Crippen molar-refractivity contribution in [1.82, 2.24) is 9.97 Å². The van der Waals surface area contributed by atoms with Gasteiger partial charge in [0, 0.05) is 45.0 Å². The first-order valence-electron chi connectivity index (χ1n) is 28.5. The zero-order valence-electron chi connectivity index (χ0n) is 46.1. The summed E-state index contributed by atoms with van der Waals surface area (Å²) < 4.78 is 0. The number of nitrogens with zero attached hydrogens (tertiary/aromatic N) is 4. The van der Waals surface area contributed by atoms with Gasteiger partial charge in [0.15, 0.2) is 0 Å². The molecule has 396 valence electrons. The van der Waals surface area contributed by atoms with E-state index in [2.05, 4.69) is 325 Å². The Kier molecular flexibility index (Phi) is 14.0. The van der Waals surface area contributed by atoms with Gasteiger partial charge in [-0.3, -0.25) is 0 Å². The molecule has 0 aliphatic rings. The standard InChI is InChI=1S/C80H56N4/c1-5-19-57(20-6-1)61-33-37-65(38-34-61)73-27-13-17-31-77(73)83(69-49-41-63(42-50-69)59-23-9-3-10-24-59)71-53-45-67(46-54-71)79-80(82-76-30-16-15-29-75(76)81-79)68-47-55-72(56-48-68)84(70-51-43-64(44-52-70)60-25-11-4-12-26-60)78-32-18-14-28-74(78)66-39-35-62(36-40-66)58-21-7-2-8-22-58/h1-56H. The van der Waals surface area contributed by atoms with E-state index in [9.17, 15) is 0 Å². The molecule has 14 aromatic rings. The molecule has 0 aliphatic heterocycles. The maximum Gasteiger partial charge on any atom is 0.0973 e. The Morgan fingerprint density at radius 1 is 0.167 bits per heavy atom. The average Bonchev–Trinajstić information content (AvgIpc) is 3.73. The van der Waals surface area contributed by atoms with Gasteiger partial charge in [0.1, 0.15) is 0 Å². The Morgan fingerprint density at radius 3 is 0.679 bits per heavy atom. The van der Waals surface area contributed by atoms with Crippen LogP contribution < -0.4 is 9.80 Å². The summed E-state index contributed by atoms with van der Waals surface area (Å²) in [6.45, 7) is 0. The largest absolute Gasteiger partial charge is 0.310 e. The van der Waals surface area contributed by atoms with Crippen molar-refractivity contribution in [3.05, 3.63) is 340 Å². The van der Waals surface area contributed by atoms with Crippen LogP contribution in [-0.4, -0.2) is 9.97 Å². The Balaban J connectivity index is 0.846. The number of hydrogen-bond acceptors (Lipinski definition) is 4. The monoisotopic (exact) mass is 1070 g/mol. The second-order valence-electron chi connectivity index (χ2n) is 20.9. The van der Waals surface area contributed by atoms with Crippen molar-refractivity contribution in [3.63, 3.8) is 0 Å². The number of fused-ring (bicyclic) bond motifs is 1. The van der Waals surface area contributed by atoms with Gasteiger partial charge in [0.25, 0.3) is 0 Å². The molecule has 4 heteroatoms. The molecule has 1 aromatic heterocycles. The van der Waals surface area contributed by atoms with Gasteiger partial charge in [-0.1, -0.05) is 267 Å². The third kappa shape index (κ3) is 10.4. The minimum absolute atomic E-state index is 0.809. The fourth-order valence-corrected chi connectivity index (χ4v) is 11.4. The maximum atomic E-state index is 5.40. The van der Waals surface area contributed by atoms with Crippen LogP contribution in [0.25, 0.3) is 100 Å². The first kappa shape index (κ1) is 51.0. The molecule has 0 unspecified atom stereocenters. The summed E-state index contributed by atoms with van der Waals surface area (Å²) in [6.07, 6.45) is 0. The number of para-hydroxylation sites is 4. The topological polar surface area (TPSA) is 32.3 Å². The Morgan fingerprint density at radius 2 is 0.381 bits per heavy atom. The lowest BCUT2D eigenvalue weighted by Crippen LogP contribution is -2.11. The summed E-state index contributed by atoms with van der Waals surface area (Å²) in [6, 6.07) is 121. The van der Waals surface area contributed by atoms with Crippen LogP contribution in [0.3, 0.4) is 0 Å². The molecule has 0 saturated heterocycles. The number of benzene rings is 13.